The van der Waals surface area contributed by atoms with Crippen molar-refractivity contribution in [3.8, 4) is 0 Å². The zero-order valence-corrected chi connectivity index (χ0v) is 16.0. The summed E-state index contributed by atoms with van der Waals surface area (Å²) in [4.78, 5) is 25.6. The molecule has 0 bridgehead atoms. The molecule has 0 aliphatic heterocycles. The van der Waals surface area contributed by atoms with Crippen LogP contribution in [0.2, 0.25) is 0 Å². The van der Waals surface area contributed by atoms with Gasteiger partial charge in [0, 0.05) is 17.2 Å². The Kier molecular flexibility index (Phi) is 4.73. The van der Waals surface area contributed by atoms with E-state index >= 15 is 0 Å². The average molecular weight is 393 g/mol. The highest BCUT2D eigenvalue weighted by atomic mass is 79.9. The SMILES string of the molecule is CCC1C(C(=O)Nc2ccc(Br)cc2)C(C(=O)NC)C(C)C12CC2. The number of carbonyl (C=O) groups excluding carboxylic acids is 2. The molecular formula is C19H25BrN2O2. The Morgan fingerprint density at radius 1 is 1.17 bits per heavy atom. The largest absolute Gasteiger partial charge is 0.359 e. The smallest absolute Gasteiger partial charge is 0.228 e. The zero-order chi connectivity index (χ0) is 17.5. The van der Waals surface area contributed by atoms with Crippen LogP contribution in [-0.4, -0.2) is 18.9 Å². The van der Waals surface area contributed by atoms with Crippen molar-refractivity contribution in [1.82, 2.24) is 5.32 Å². The third-order valence-corrected chi connectivity index (χ3v) is 6.76. The van der Waals surface area contributed by atoms with Crippen LogP contribution in [0.5, 0.6) is 0 Å². The molecule has 4 unspecified atom stereocenters. The van der Waals surface area contributed by atoms with Gasteiger partial charge in [-0.1, -0.05) is 36.2 Å². The number of hydrogen-bond donors (Lipinski definition) is 2. The molecule has 5 heteroatoms. The highest BCUT2D eigenvalue weighted by Crippen LogP contribution is 2.69. The van der Waals surface area contributed by atoms with Gasteiger partial charge >= 0.3 is 0 Å². The first-order valence-electron chi connectivity index (χ1n) is 8.72. The molecule has 0 saturated heterocycles. The van der Waals surface area contributed by atoms with E-state index in [1.807, 2.05) is 24.3 Å². The van der Waals surface area contributed by atoms with E-state index < -0.39 is 0 Å². The van der Waals surface area contributed by atoms with Crippen molar-refractivity contribution in [2.75, 3.05) is 12.4 Å². The van der Waals surface area contributed by atoms with Crippen LogP contribution < -0.4 is 10.6 Å². The maximum atomic E-state index is 13.1. The maximum Gasteiger partial charge on any atom is 0.228 e. The number of halogens is 1. The van der Waals surface area contributed by atoms with E-state index in [9.17, 15) is 9.59 Å². The predicted octanol–water partition coefficient (Wildman–Crippen LogP) is 3.82. The molecule has 0 aromatic heterocycles. The van der Waals surface area contributed by atoms with Crippen molar-refractivity contribution in [2.45, 2.75) is 33.1 Å². The lowest BCUT2D eigenvalue weighted by atomic mass is 9.82. The Morgan fingerprint density at radius 3 is 2.29 bits per heavy atom. The lowest BCUT2D eigenvalue weighted by molar-refractivity contribution is -0.132. The van der Waals surface area contributed by atoms with Crippen LogP contribution in [0.3, 0.4) is 0 Å². The standard InChI is InChI=1S/C19H25BrN2O2/c1-4-14-16(18(24)22-13-7-5-12(20)6-8-13)15(17(23)21-3)11(2)19(14)9-10-19/h5-8,11,14-16H,4,9-10H2,1-3H3,(H,21,23)(H,22,24). The molecule has 1 aromatic carbocycles. The van der Waals surface area contributed by atoms with Crippen molar-refractivity contribution in [3.63, 3.8) is 0 Å². The zero-order valence-electron chi connectivity index (χ0n) is 14.4. The fraction of sp³-hybridized carbons (Fsp3) is 0.579. The molecular weight excluding hydrogens is 368 g/mol. The van der Waals surface area contributed by atoms with Gasteiger partial charge in [-0.2, -0.15) is 0 Å². The van der Waals surface area contributed by atoms with Gasteiger partial charge in [-0.15, -0.1) is 0 Å². The topological polar surface area (TPSA) is 58.2 Å². The van der Waals surface area contributed by atoms with E-state index in [4.69, 9.17) is 0 Å². The molecule has 0 heterocycles. The fourth-order valence-corrected chi connectivity index (χ4v) is 5.17. The van der Waals surface area contributed by atoms with Gasteiger partial charge < -0.3 is 10.6 Å². The number of benzene rings is 1. The van der Waals surface area contributed by atoms with Crippen molar-refractivity contribution >= 4 is 33.4 Å². The number of rotatable bonds is 4. The van der Waals surface area contributed by atoms with Gasteiger partial charge in [0.15, 0.2) is 0 Å². The molecule has 2 aliphatic carbocycles. The van der Waals surface area contributed by atoms with Gasteiger partial charge in [0.2, 0.25) is 11.8 Å². The van der Waals surface area contributed by atoms with E-state index in [0.717, 1.165) is 29.4 Å². The van der Waals surface area contributed by atoms with Gasteiger partial charge in [0.25, 0.3) is 0 Å². The first-order chi connectivity index (χ1) is 11.4. The Morgan fingerprint density at radius 2 is 1.79 bits per heavy atom. The summed E-state index contributed by atoms with van der Waals surface area (Å²) < 4.78 is 0.974. The van der Waals surface area contributed by atoms with Gasteiger partial charge in [-0.05, 0) is 54.4 Å². The number of carbonyl (C=O) groups is 2. The molecule has 1 aromatic rings. The second kappa shape index (κ2) is 6.51. The summed E-state index contributed by atoms with van der Waals surface area (Å²) in [5.74, 6) is 0.0244. The normalized spacial score (nSPS) is 30.2. The molecule has 4 nitrogen and oxygen atoms in total. The van der Waals surface area contributed by atoms with Crippen molar-refractivity contribution in [3.05, 3.63) is 28.7 Å². The monoisotopic (exact) mass is 392 g/mol. The maximum absolute atomic E-state index is 13.1. The summed E-state index contributed by atoms with van der Waals surface area (Å²) >= 11 is 3.40. The van der Waals surface area contributed by atoms with Crippen LogP contribution in [0, 0.1) is 29.1 Å². The summed E-state index contributed by atoms with van der Waals surface area (Å²) in [6.07, 6.45) is 3.22. The minimum atomic E-state index is -0.254. The van der Waals surface area contributed by atoms with Crippen LogP contribution in [-0.2, 0) is 9.59 Å². The molecule has 2 N–H and O–H groups in total. The summed E-state index contributed by atoms with van der Waals surface area (Å²) in [5.41, 5.74) is 0.964. The number of hydrogen-bond acceptors (Lipinski definition) is 2. The molecule has 2 saturated carbocycles. The van der Waals surface area contributed by atoms with Gasteiger partial charge in [0.05, 0.1) is 11.8 Å². The van der Waals surface area contributed by atoms with Gasteiger partial charge in [-0.3, -0.25) is 9.59 Å². The van der Waals surface area contributed by atoms with Gasteiger partial charge in [0.1, 0.15) is 0 Å². The van der Waals surface area contributed by atoms with E-state index in [2.05, 4.69) is 40.4 Å². The molecule has 130 valence electrons. The molecule has 1 spiro atoms. The third-order valence-electron chi connectivity index (χ3n) is 6.24. The van der Waals surface area contributed by atoms with Crippen LogP contribution >= 0.6 is 15.9 Å². The molecule has 4 atom stereocenters. The average Bonchev–Trinajstić information content (AvgIpc) is 3.32. The fourth-order valence-electron chi connectivity index (χ4n) is 4.91. The summed E-state index contributed by atoms with van der Waals surface area (Å²) in [6.45, 7) is 4.30. The minimum absolute atomic E-state index is 0.000631. The lowest BCUT2D eigenvalue weighted by Gasteiger charge is -2.24. The van der Waals surface area contributed by atoms with E-state index in [-0.39, 0.29) is 40.9 Å². The second-order valence-corrected chi connectivity index (χ2v) is 8.11. The summed E-state index contributed by atoms with van der Waals surface area (Å²) in [5, 5.41) is 5.81. The second-order valence-electron chi connectivity index (χ2n) is 7.20. The molecule has 2 aliphatic rings. The Hall–Kier alpha value is -1.36. The van der Waals surface area contributed by atoms with Crippen molar-refractivity contribution in [1.29, 1.82) is 0 Å². The summed E-state index contributed by atoms with van der Waals surface area (Å²) in [6, 6.07) is 7.57. The number of nitrogens with one attached hydrogen (secondary N) is 2. The Balaban J connectivity index is 1.88. The quantitative estimate of drug-likeness (QED) is 0.817. The van der Waals surface area contributed by atoms with E-state index in [1.165, 1.54) is 0 Å². The molecule has 24 heavy (non-hydrogen) atoms. The predicted molar refractivity (Wildman–Crippen MR) is 98.4 cm³/mol. The van der Waals surface area contributed by atoms with E-state index in [0.29, 0.717) is 0 Å². The minimum Gasteiger partial charge on any atom is -0.359 e. The Bertz CT molecular complexity index is 639. The lowest BCUT2D eigenvalue weighted by Crippen LogP contribution is -2.39. The summed E-state index contributed by atoms with van der Waals surface area (Å²) in [7, 11) is 1.66. The highest BCUT2D eigenvalue weighted by molar-refractivity contribution is 9.10. The molecule has 0 radical (unpaired) electrons. The van der Waals surface area contributed by atoms with Crippen LogP contribution in [0.4, 0.5) is 5.69 Å². The first-order valence-corrected chi connectivity index (χ1v) is 9.52. The van der Waals surface area contributed by atoms with Crippen LogP contribution in [0.15, 0.2) is 28.7 Å². The number of anilines is 1. The molecule has 2 amide bonds. The number of amides is 2. The highest BCUT2D eigenvalue weighted by Gasteiger charge is 2.66. The van der Waals surface area contributed by atoms with Crippen molar-refractivity contribution < 1.29 is 9.59 Å². The third kappa shape index (κ3) is 2.77. The first kappa shape index (κ1) is 17.5. The Labute approximate surface area is 151 Å². The molecule has 3 rings (SSSR count). The van der Waals surface area contributed by atoms with Crippen LogP contribution in [0.1, 0.15) is 33.1 Å². The molecule has 2 fully saturated rings. The van der Waals surface area contributed by atoms with E-state index in [1.54, 1.807) is 7.05 Å². The van der Waals surface area contributed by atoms with Crippen molar-refractivity contribution in [2.24, 2.45) is 29.1 Å². The van der Waals surface area contributed by atoms with Crippen LogP contribution in [0.25, 0.3) is 0 Å². The van der Waals surface area contributed by atoms with Gasteiger partial charge in [-0.25, -0.2) is 0 Å².